The molecule has 176 valence electrons. The van der Waals surface area contributed by atoms with E-state index >= 15 is 0 Å². The van der Waals surface area contributed by atoms with E-state index in [1.807, 2.05) is 6.07 Å². The topological polar surface area (TPSA) is 147 Å². The summed E-state index contributed by atoms with van der Waals surface area (Å²) in [5.41, 5.74) is 0.874. The molecule has 2 saturated heterocycles. The van der Waals surface area contributed by atoms with Gasteiger partial charge in [0.1, 0.15) is 12.2 Å². The Balaban J connectivity index is 1.50. The van der Waals surface area contributed by atoms with Crippen molar-refractivity contribution >= 4 is 0 Å². The highest BCUT2D eigenvalue weighted by Gasteiger charge is 2.39. The van der Waals surface area contributed by atoms with E-state index in [4.69, 9.17) is 23.7 Å². The Morgan fingerprint density at radius 2 is 1.84 bits per heavy atom. The summed E-state index contributed by atoms with van der Waals surface area (Å²) >= 11 is 0. The summed E-state index contributed by atoms with van der Waals surface area (Å²) in [6.07, 6.45) is -3.93. The standard InChI is InChI=1S/C21H32O10/c1-27-17-3-2-12(6-15(17)24)4-5-28-19-8-13(7-14(10-22)30-19)29-20-9-16(25)21(26)18(11-23)31-20/h2-3,6,13-14,16,18-26H,4-5,7-11H2,1H3/t13-,14-,16+,18+,19+,20+,21-/m0/s1. The molecule has 3 rings (SSSR count). The smallest absolute Gasteiger partial charge is 0.161 e. The van der Waals surface area contributed by atoms with Gasteiger partial charge in [0, 0.05) is 19.3 Å². The fourth-order valence-corrected chi connectivity index (χ4v) is 3.83. The van der Waals surface area contributed by atoms with E-state index in [0.29, 0.717) is 31.6 Å². The van der Waals surface area contributed by atoms with Gasteiger partial charge in [-0.2, -0.15) is 0 Å². The first-order valence-corrected chi connectivity index (χ1v) is 10.4. The van der Waals surface area contributed by atoms with Crippen molar-refractivity contribution in [2.75, 3.05) is 26.9 Å². The van der Waals surface area contributed by atoms with Crippen LogP contribution in [0.1, 0.15) is 24.8 Å². The average molecular weight is 444 g/mol. The van der Waals surface area contributed by atoms with Crippen molar-refractivity contribution < 1.29 is 49.2 Å². The van der Waals surface area contributed by atoms with E-state index in [9.17, 15) is 25.5 Å². The molecule has 0 amide bonds. The van der Waals surface area contributed by atoms with Crippen molar-refractivity contribution in [2.45, 2.75) is 68.8 Å². The molecule has 2 heterocycles. The van der Waals surface area contributed by atoms with E-state index in [1.165, 1.54) is 7.11 Å². The van der Waals surface area contributed by atoms with Gasteiger partial charge in [0.2, 0.25) is 0 Å². The van der Waals surface area contributed by atoms with Crippen LogP contribution in [0.3, 0.4) is 0 Å². The van der Waals surface area contributed by atoms with Gasteiger partial charge < -0.3 is 49.2 Å². The minimum atomic E-state index is -1.17. The lowest BCUT2D eigenvalue weighted by molar-refractivity contribution is -0.293. The number of aliphatic hydroxyl groups is 4. The van der Waals surface area contributed by atoms with Crippen LogP contribution in [0.4, 0.5) is 0 Å². The van der Waals surface area contributed by atoms with Gasteiger partial charge in [-0.25, -0.2) is 0 Å². The summed E-state index contributed by atoms with van der Waals surface area (Å²) in [6.45, 7) is -0.297. The van der Waals surface area contributed by atoms with Crippen LogP contribution >= 0.6 is 0 Å². The van der Waals surface area contributed by atoms with E-state index in [2.05, 4.69) is 0 Å². The number of phenolic OH excluding ortho intramolecular Hbond substituents is 1. The van der Waals surface area contributed by atoms with Crippen LogP contribution in [0.25, 0.3) is 0 Å². The second kappa shape index (κ2) is 11.4. The SMILES string of the molecule is COc1ccc(CCO[C@H]2C[C@@H](O[C@H]3C[C@@H](O)[C@H](O)[C@@H](CO)O3)C[C@@H](CO)O2)cc1O. The van der Waals surface area contributed by atoms with Gasteiger partial charge in [-0.15, -0.1) is 0 Å². The molecule has 10 heteroatoms. The summed E-state index contributed by atoms with van der Waals surface area (Å²) < 4.78 is 28.1. The Hall–Kier alpha value is -1.50. The zero-order valence-electron chi connectivity index (χ0n) is 17.5. The summed E-state index contributed by atoms with van der Waals surface area (Å²) in [7, 11) is 1.49. The Morgan fingerprint density at radius 1 is 1.03 bits per heavy atom. The summed E-state index contributed by atoms with van der Waals surface area (Å²) in [4.78, 5) is 0. The minimum Gasteiger partial charge on any atom is -0.504 e. The molecule has 1 aromatic carbocycles. The zero-order chi connectivity index (χ0) is 22.4. The number of rotatable bonds is 9. The van der Waals surface area contributed by atoms with E-state index in [-0.39, 0.29) is 24.9 Å². The predicted molar refractivity (Wildman–Crippen MR) is 107 cm³/mol. The molecule has 2 aliphatic rings. The zero-order valence-corrected chi connectivity index (χ0v) is 17.5. The van der Waals surface area contributed by atoms with Crippen LogP contribution in [-0.2, 0) is 25.4 Å². The van der Waals surface area contributed by atoms with Gasteiger partial charge in [0.05, 0.1) is 45.2 Å². The molecule has 0 unspecified atom stereocenters. The van der Waals surface area contributed by atoms with Crippen molar-refractivity contribution in [2.24, 2.45) is 0 Å². The van der Waals surface area contributed by atoms with E-state index in [1.54, 1.807) is 12.1 Å². The molecular weight excluding hydrogens is 412 g/mol. The molecule has 10 nitrogen and oxygen atoms in total. The summed E-state index contributed by atoms with van der Waals surface area (Å²) in [5.74, 6) is 0.459. The number of hydrogen-bond donors (Lipinski definition) is 5. The molecule has 0 bridgehead atoms. The van der Waals surface area contributed by atoms with Gasteiger partial charge >= 0.3 is 0 Å². The monoisotopic (exact) mass is 444 g/mol. The van der Waals surface area contributed by atoms with Gasteiger partial charge in [-0.05, 0) is 24.1 Å². The maximum atomic E-state index is 9.97. The first-order chi connectivity index (χ1) is 14.9. The first-order valence-electron chi connectivity index (χ1n) is 10.4. The second-order valence-corrected chi connectivity index (χ2v) is 7.81. The third-order valence-corrected chi connectivity index (χ3v) is 5.53. The normalized spacial score (nSPS) is 33.9. The van der Waals surface area contributed by atoms with Gasteiger partial charge in [-0.1, -0.05) is 6.07 Å². The molecule has 2 aliphatic heterocycles. The molecular formula is C21H32O10. The second-order valence-electron chi connectivity index (χ2n) is 7.81. The number of aliphatic hydroxyl groups excluding tert-OH is 4. The lowest BCUT2D eigenvalue weighted by Gasteiger charge is -2.40. The quantitative estimate of drug-likeness (QED) is 0.343. The molecule has 31 heavy (non-hydrogen) atoms. The largest absolute Gasteiger partial charge is 0.504 e. The molecule has 7 atom stereocenters. The summed E-state index contributed by atoms with van der Waals surface area (Å²) in [6, 6.07) is 5.14. The number of methoxy groups -OCH3 is 1. The molecule has 0 radical (unpaired) electrons. The minimum absolute atomic E-state index is 0.0590. The first kappa shape index (κ1) is 24.1. The maximum Gasteiger partial charge on any atom is 0.161 e. The molecule has 5 N–H and O–H groups in total. The van der Waals surface area contributed by atoms with Crippen molar-refractivity contribution in [3.05, 3.63) is 23.8 Å². The average Bonchev–Trinajstić information content (AvgIpc) is 2.76. The molecule has 0 aromatic heterocycles. The fraction of sp³-hybridized carbons (Fsp3) is 0.714. The Kier molecular flexibility index (Phi) is 8.87. The van der Waals surface area contributed by atoms with Crippen LogP contribution in [0.5, 0.6) is 11.5 Å². The van der Waals surface area contributed by atoms with Crippen LogP contribution in [0.15, 0.2) is 18.2 Å². The van der Waals surface area contributed by atoms with Crippen molar-refractivity contribution in [3.8, 4) is 11.5 Å². The van der Waals surface area contributed by atoms with Crippen molar-refractivity contribution in [1.29, 1.82) is 0 Å². The Labute approximate surface area is 180 Å². The third kappa shape index (κ3) is 6.50. The fourth-order valence-electron chi connectivity index (χ4n) is 3.83. The highest BCUT2D eigenvalue weighted by Crippen LogP contribution is 2.29. The number of benzene rings is 1. The highest BCUT2D eigenvalue weighted by atomic mass is 16.7. The lowest BCUT2D eigenvalue weighted by atomic mass is 10.0. The van der Waals surface area contributed by atoms with Crippen LogP contribution in [0, 0.1) is 0 Å². The molecule has 0 spiro atoms. The number of ether oxygens (including phenoxy) is 5. The summed E-state index contributed by atoms with van der Waals surface area (Å²) in [5, 5.41) is 48.6. The van der Waals surface area contributed by atoms with E-state index in [0.717, 1.165) is 5.56 Å². The lowest BCUT2D eigenvalue weighted by Crippen LogP contribution is -2.52. The van der Waals surface area contributed by atoms with Crippen LogP contribution < -0.4 is 4.74 Å². The van der Waals surface area contributed by atoms with Crippen LogP contribution in [-0.4, -0.2) is 95.6 Å². The number of hydrogen-bond acceptors (Lipinski definition) is 10. The van der Waals surface area contributed by atoms with Gasteiger partial charge in [-0.3, -0.25) is 0 Å². The molecule has 2 fully saturated rings. The maximum absolute atomic E-state index is 9.97. The highest BCUT2D eigenvalue weighted by molar-refractivity contribution is 5.41. The molecule has 0 saturated carbocycles. The van der Waals surface area contributed by atoms with Crippen molar-refractivity contribution in [3.63, 3.8) is 0 Å². The molecule has 1 aromatic rings. The van der Waals surface area contributed by atoms with Gasteiger partial charge in [0.15, 0.2) is 24.1 Å². The van der Waals surface area contributed by atoms with Crippen molar-refractivity contribution in [1.82, 2.24) is 0 Å². The molecule has 0 aliphatic carbocycles. The predicted octanol–water partition coefficient (Wildman–Crippen LogP) is -0.328. The third-order valence-electron chi connectivity index (χ3n) is 5.53. The van der Waals surface area contributed by atoms with Gasteiger partial charge in [0.25, 0.3) is 0 Å². The van der Waals surface area contributed by atoms with E-state index < -0.39 is 43.6 Å². The Morgan fingerprint density at radius 3 is 2.52 bits per heavy atom. The Bertz CT molecular complexity index is 686. The van der Waals surface area contributed by atoms with Crippen LogP contribution in [0.2, 0.25) is 0 Å². The number of phenols is 1. The number of aromatic hydroxyl groups is 1.